The molecule has 0 bridgehead atoms. The number of aliphatic imine (C=N–C) groups is 1. The van der Waals surface area contributed by atoms with Gasteiger partial charge in [0.25, 0.3) is 0 Å². The first-order chi connectivity index (χ1) is 20.1. The molecule has 2 aromatic carbocycles. The second kappa shape index (κ2) is 15.0. The van der Waals surface area contributed by atoms with E-state index in [1.165, 1.54) is 12.1 Å². The van der Waals surface area contributed by atoms with Crippen LogP contribution in [-0.4, -0.2) is 76.1 Å². The van der Waals surface area contributed by atoms with Crippen molar-refractivity contribution in [3.8, 4) is 5.75 Å². The van der Waals surface area contributed by atoms with E-state index in [9.17, 15) is 29.4 Å². The lowest BCUT2D eigenvalue weighted by Crippen LogP contribution is -2.57. The van der Waals surface area contributed by atoms with Crippen LogP contribution in [0, 0.1) is 0 Å². The van der Waals surface area contributed by atoms with Crippen LogP contribution in [0.25, 0.3) is 10.9 Å². The van der Waals surface area contributed by atoms with Crippen molar-refractivity contribution in [2.45, 2.75) is 43.8 Å². The van der Waals surface area contributed by atoms with Gasteiger partial charge in [0.2, 0.25) is 17.7 Å². The first kappa shape index (κ1) is 31.4. The molecule has 0 aliphatic carbocycles. The van der Waals surface area contributed by atoms with Crippen molar-refractivity contribution < 1.29 is 29.4 Å². The van der Waals surface area contributed by atoms with E-state index >= 15 is 0 Å². The third-order valence-corrected chi connectivity index (χ3v) is 6.51. The number of hydrogen-bond acceptors (Lipinski definition) is 7. The average molecular weight is 581 g/mol. The summed E-state index contributed by atoms with van der Waals surface area (Å²) in [4.78, 5) is 58.0. The van der Waals surface area contributed by atoms with Crippen LogP contribution in [0.2, 0.25) is 0 Å². The summed E-state index contributed by atoms with van der Waals surface area (Å²) in [6, 6.07) is 9.79. The first-order valence-corrected chi connectivity index (χ1v) is 13.3. The summed E-state index contributed by atoms with van der Waals surface area (Å²) >= 11 is 0. The van der Waals surface area contributed by atoms with E-state index in [1.807, 2.05) is 24.3 Å². The molecule has 0 saturated heterocycles. The lowest BCUT2D eigenvalue weighted by Gasteiger charge is -2.24. The Hall–Kier alpha value is -5.11. The number of benzene rings is 2. The number of para-hydroxylation sites is 1. The third kappa shape index (κ3) is 9.23. The fourth-order valence-electron chi connectivity index (χ4n) is 4.37. The number of aromatic nitrogens is 1. The number of guanidine groups is 1. The zero-order valence-corrected chi connectivity index (χ0v) is 22.9. The highest BCUT2D eigenvalue weighted by Gasteiger charge is 2.30. The van der Waals surface area contributed by atoms with E-state index in [4.69, 9.17) is 17.2 Å². The largest absolute Gasteiger partial charge is 0.508 e. The number of aromatic amines is 1. The fourth-order valence-corrected chi connectivity index (χ4v) is 4.37. The number of aromatic hydroxyl groups is 1. The number of nitrogens with two attached hydrogens (primary N) is 3. The monoisotopic (exact) mass is 580 g/mol. The molecule has 14 heteroatoms. The zero-order valence-electron chi connectivity index (χ0n) is 22.9. The van der Waals surface area contributed by atoms with E-state index in [1.54, 1.807) is 18.3 Å². The molecular formula is C28H36N8O6. The van der Waals surface area contributed by atoms with E-state index in [0.29, 0.717) is 5.56 Å². The van der Waals surface area contributed by atoms with Gasteiger partial charge in [0.05, 0.1) is 6.54 Å². The van der Waals surface area contributed by atoms with Crippen molar-refractivity contribution in [3.63, 3.8) is 0 Å². The Kier molecular flexibility index (Phi) is 11.3. The summed E-state index contributed by atoms with van der Waals surface area (Å²) in [5.74, 6) is -3.37. The number of phenolic OH excluding ortho intramolecular Hbond substituents is 1. The van der Waals surface area contributed by atoms with Gasteiger partial charge in [-0.05, 0) is 42.2 Å². The molecule has 14 nitrogen and oxygen atoms in total. The number of phenols is 1. The predicted octanol–water partition coefficient (Wildman–Crippen LogP) is -0.790. The van der Waals surface area contributed by atoms with E-state index in [2.05, 4.69) is 25.9 Å². The summed E-state index contributed by atoms with van der Waals surface area (Å²) in [5, 5.41) is 27.9. The topological polar surface area (TPSA) is 251 Å². The van der Waals surface area contributed by atoms with Gasteiger partial charge in [-0.15, -0.1) is 0 Å². The maximum absolute atomic E-state index is 13.5. The van der Waals surface area contributed by atoms with Crippen LogP contribution in [0.15, 0.2) is 59.7 Å². The van der Waals surface area contributed by atoms with Crippen molar-refractivity contribution in [1.29, 1.82) is 0 Å². The van der Waals surface area contributed by atoms with E-state index in [0.717, 1.165) is 16.5 Å². The number of fused-ring (bicyclic) bond motifs is 1. The molecule has 0 spiro atoms. The third-order valence-electron chi connectivity index (χ3n) is 6.51. The molecule has 0 radical (unpaired) electrons. The number of carbonyl (C=O) groups excluding carboxylic acids is 3. The Morgan fingerprint density at radius 3 is 2.21 bits per heavy atom. The standard InChI is InChI=1S/C28H36N8O6/c29-14-24(38)34-22(13-17-15-33-20-5-2-1-4-19(17)20)26(40)35-21(6-3-11-32-28(30)31)25(39)36-23(27(41)42)12-16-7-9-18(37)10-8-16/h1-2,4-5,7-10,15,21-23,33,37H,3,6,11-14,29H2,(H,34,38)(H,35,40)(H,36,39)(H,41,42)(H4,30,31,32)/t21-,22-,23+/m0/s1. The van der Waals surface area contributed by atoms with Gasteiger partial charge >= 0.3 is 5.97 Å². The molecule has 0 fully saturated rings. The molecule has 42 heavy (non-hydrogen) atoms. The zero-order chi connectivity index (χ0) is 30.6. The number of H-pyrrole nitrogens is 1. The molecule has 0 aliphatic rings. The summed E-state index contributed by atoms with van der Waals surface area (Å²) in [7, 11) is 0. The molecular weight excluding hydrogens is 544 g/mol. The molecule has 1 heterocycles. The minimum Gasteiger partial charge on any atom is -0.508 e. The second-order valence-electron chi connectivity index (χ2n) is 9.67. The number of rotatable bonds is 15. The van der Waals surface area contributed by atoms with Crippen molar-refractivity contribution in [3.05, 3.63) is 65.9 Å². The Morgan fingerprint density at radius 2 is 1.55 bits per heavy atom. The minimum absolute atomic E-state index is 0.0159. The number of nitrogens with one attached hydrogen (secondary N) is 4. The number of nitrogens with zero attached hydrogens (tertiary/aromatic N) is 1. The van der Waals surface area contributed by atoms with E-state index in [-0.39, 0.29) is 50.5 Å². The first-order valence-electron chi connectivity index (χ1n) is 13.3. The second-order valence-corrected chi connectivity index (χ2v) is 9.67. The number of hydrogen-bond donors (Lipinski definition) is 9. The summed E-state index contributed by atoms with van der Waals surface area (Å²) in [5.41, 5.74) is 18.4. The highest BCUT2D eigenvalue weighted by molar-refractivity contribution is 5.94. The van der Waals surface area contributed by atoms with Crippen LogP contribution in [0.3, 0.4) is 0 Å². The molecule has 3 amide bonds. The number of carboxylic acids is 1. The van der Waals surface area contributed by atoms with Crippen LogP contribution in [0.1, 0.15) is 24.0 Å². The van der Waals surface area contributed by atoms with E-state index < -0.39 is 41.8 Å². The normalized spacial score (nSPS) is 13.0. The highest BCUT2D eigenvalue weighted by atomic mass is 16.4. The predicted molar refractivity (Wildman–Crippen MR) is 156 cm³/mol. The van der Waals surface area contributed by atoms with Crippen LogP contribution in [0.4, 0.5) is 0 Å². The molecule has 0 unspecified atom stereocenters. The number of carbonyl (C=O) groups is 4. The van der Waals surface area contributed by atoms with Crippen LogP contribution in [0.5, 0.6) is 5.75 Å². The van der Waals surface area contributed by atoms with Gasteiger partial charge in [-0.1, -0.05) is 30.3 Å². The summed E-state index contributed by atoms with van der Waals surface area (Å²) in [6.45, 7) is -0.182. The number of carboxylic acid groups (broad SMARTS) is 1. The van der Waals surface area contributed by atoms with Gasteiger partial charge in [0.1, 0.15) is 23.9 Å². The molecule has 0 saturated carbocycles. The molecule has 224 valence electrons. The fraction of sp³-hybridized carbons (Fsp3) is 0.321. The van der Waals surface area contributed by atoms with Gasteiger partial charge in [-0.25, -0.2) is 4.79 Å². The minimum atomic E-state index is -1.32. The van der Waals surface area contributed by atoms with Crippen LogP contribution < -0.4 is 33.2 Å². The lowest BCUT2D eigenvalue weighted by atomic mass is 10.0. The molecule has 1 aromatic heterocycles. The number of aliphatic carboxylic acids is 1. The Morgan fingerprint density at radius 1 is 0.881 bits per heavy atom. The molecule has 3 aromatic rings. The average Bonchev–Trinajstić information content (AvgIpc) is 3.37. The van der Waals surface area contributed by atoms with Gasteiger partial charge in [-0.2, -0.15) is 0 Å². The van der Waals surface area contributed by atoms with Crippen molar-refractivity contribution in [2.24, 2.45) is 22.2 Å². The summed E-state index contributed by atoms with van der Waals surface area (Å²) < 4.78 is 0. The lowest BCUT2D eigenvalue weighted by molar-refractivity contribution is -0.142. The molecule has 3 atom stereocenters. The number of amides is 3. The summed E-state index contributed by atoms with van der Waals surface area (Å²) in [6.07, 6.45) is 2.13. The Bertz CT molecular complexity index is 1420. The van der Waals surface area contributed by atoms with Crippen molar-refractivity contribution in [2.75, 3.05) is 13.1 Å². The van der Waals surface area contributed by atoms with Crippen molar-refractivity contribution >= 4 is 40.6 Å². The van der Waals surface area contributed by atoms with Crippen molar-refractivity contribution in [1.82, 2.24) is 20.9 Å². The molecule has 12 N–H and O–H groups in total. The quantitative estimate of drug-likeness (QED) is 0.0619. The Balaban J connectivity index is 1.80. The van der Waals surface area contributed by atoms with Gasteiger partial charge in [-0.3, -0.25) is 19.4 Å². The van der Waals surface area contributed by atoms with Gasteiger partial charge < -0.3 is 48.3 Å². The molecule has 0 aliphatic heterocycles. The van der Waals surface area contributed by atoms with Crippen LogP contribution in [-0.2, 0) is 32.0 Å². The van der Waals surface area contributed by atoms with Gasteiger partial charge in [0, 0.05) is 36.5 Å². The SMILES string of the molecule is NCC(=O)N[C@@H](Cc1c[nH]c2ccccc12)C(=O)N[C@@H](CCCN=C(N)N)C(=O)N[C@H](Cc1ccc(O)cc1)C(=O)O. The Labute approximate surface area is 241 Å². The van der Waals surface area contributed by atoms with Gasteiger partial charge in [0.15, 0.2) is 5.96 Å². The maximum atomic E-state index is 13.5. The van der Waals surface area contributed by atoms with Crippen LogP contribution >= 0.6 is 0 Å². The maximum Gasteiger partial charge on any atom is 0.326 e. The highest BCUT2D eigenvalue weighted by Crippen LogP contribution is 2.19. The smallest absolute Gasteiger partial charge is 0.326 e. The molecule has 3 rings (SSSR count).